The third-order valence-electron chi connectivity index (χ3n) is 6.74. The lowest BCUT2D eigenvalue weighted by molar-refractivity contribution is -0.137. The molecule has 7 nitrogen and oxygen atoms in total. The molecule has 0 aliphatic heterocycles. The summed E-state index contributed by atoms with van der Waals surface area (Å²) in [6.45, 7) is 3.24. The number of ether oxygens (including phenoxy) is 1. The zero-order chi connectivity index (χ0) is 29.7. The Kier molecular flexibility index (Phi) is 10.6. The lowest BCUT2D eigenvalue weighted by Gasteiger charge is -2.20. The maximum Gasteiger partial charge on any atom is 0.326 e. The molecule has 0 saturated heterocycles. The molecule has 1 amide bonds. The van der Waals surface area contributed by atoms with Crippen molar-refractivity contribution in [2.45, 2.75) is 19.4 Å². The van der Waals surface area contributed by atoms with Crippen LogP contribution in [0.25, 0.3) is 6.08 Å². The SMILES string of the molecule is CCN(CCOc1ccc(C[C@H](Nc2ccccc2C(=O)c2ccccc2)C(=O)O)cc1)C(=O)/C=C/c1ccccc1. The Labute approximate surface area is 246 Å². The Morgan fingerprint density at radius 1 is 0.857 bits per heavy atom. The van der Waals surface area contributed by atoms with Crippen molar-refractivity contribution >= 4 is 29.4 Å². The van der Waals surface area contributed by atoms with E-state index in [0.717, 1.165) is 11.1 Å². The molecule has 0 fully saturated rings. The highest BCUT2D eigenvalue weighted by molar-refractivity contribution is 6.12. The molecule has 0 aromatic heterocycles. The normalized spacial score (nSPS) is 11.5. The molecule has 0 unspecified atom stereocenters. The summed E-state index contributed by atoms with van der Waals surface area (Å²) in [5.41, 5.74) is 3.17. The monoisotopic (exact) mass is 562 g/mol. The summed E-state index contributed by atoms with van der Waals surface area (Å²) in [7, 11) is 0. The van der Waals surface area contributed by atoms with E-state index in [9.17, 15) is 19.5 Å². The molecule has 2 N–H and O–H groups in total. The molecule has 4 aromatic rings. The van der Waals surface area contributed by atoms with Gasteiger partial charge in [0.05, 0.1) is 6.54 Å². The van der Waals surface area contributed by atoms with E-state index in [1.54, 1.807) is 77.7 Å². The number of anilines is 1. The number of para-hydroxylation sites is 1. The Morgan fingerprint density at radius 2 is 1.50 bits per heavy atom. The molecule has 7 heteroatoms. The quantitative estimate of drug-likeness (QED) is 0.145. The van der Waals surface area contributed by atoms with Gasteiger partial charge in [0.25, 0.3) is 0 Å². The average Bonchev–Trinajstić information content (AvgIpc) is 3.03. The fraction of sp³-hybridized carbons (Fsp3) is 0.171. The van der Waals surface area contributed by atoms with Crippen LogP contribution in [0.5, 0.6) is 5.75 Å². The van der Waals surface area contributed by atoms with E-state index in [1.165, 1.54) is 0 Å². The lowest BCUT2D eigenvalue weighted by Crippen LogP contribution is -2.33. The molecule has 0 radical (unpaired) electrons. The predicted octanol–water partition coefficient (Wildman–Crippen LogP) is 5.97. The Morgan fingerprint density at radius 3 is 2.17 bits per heavy atom. The lowest BCUT2D eigenvalue weighted by atomic mass is 10.00. The fourth-order valence-corrected chi connectivity index (χ4v) is 4.43. The summed E-state index contributed by atoms with van der Waals surface area (Å²) in [5.74, 6) is -0.664. The van der Waals surface area contributed by atoms with Gasteiger partial charge in [-0.05, 0) is 48.4 Å². The smallest absolute Gasteiger partial charge is 0.326 e. The molecule has 0 saturated carbocycles. The molecule has 42 heavy (non-hydrogen) atoms. The van der Waals surface area contributed by atoms with E-state index in [2.05, 4.69) is 5.32 Å². The summed E-state index contributed by atoms with van der Waals surface area (Å²) in [4.78, 5) is 39.5. The third-order valence-corrected chi connectivity index (χ3v) is 6.74. The van der Waals surface area contributed by atoms with E-state index in [-0.39, 0.29) is 18.1 Å². The van der Waals surface area contributed by atoms with Gasteiger partial charge in [-0.2, -0.15) is 0 Å². The zero-order valence-electron chi connectivity index (χ0n) is 23.5. The van der Waals surface area contributed by atoms with Crippen molar-refractivity contribution in [3.05, 3.63) is 138 Å². The van der Waals surface area contributed by atoms with Crippen molar-refractivity contribution in [1.82, 2.24) is 4.90 Å². The Balaban J connectivity index is 1.33. The van der Waals surface area contributed by atoms with Crippen molar-refractivity contribution in [3.63, 3.8) is 0 Å². The molecule has 0 bridgehead atoms. The van der Waals surface area contributed by atoms with Crippen LogP contribution in [0.1, 0.15) is 34.0 Å². The predicted molar refractivity (Wildman–Crippen MR) is 165 cm³/mol. The summed E-state index contributed by atoms with van der Waals surface area (Å²) >= 11 is 0. The van der Waals surface area contributed by atoms with Crippen LogP contribution in [-0.4, -0.2) is 53.4 Å². The van der Waals surface area contributed by atoms with Gasteiger partial charge in [-0.3, -0.25) is 9.59 Å². The zero-order valence-corrected chi connectivity index (χ0v) is 23.5. The largest absolute Gasteiger partial charge is 0.492 e. The minimum atomic E-state index is -1.03. The number of carboxylic acid groups (broad SMARTS) is 1. The van der Waals surface area contributed by atoms with Gasteiger partial charge in [0.15, 0.2) is 5.78 Å². The third kappa shape index (κ3) is 8.41. The van der Waals surface area contributed by atoms with Crippen molar-refractivity contribution in [2.75, 3.05) is 25.0 Å². The Hall–Kier alpha value is -5.17. The first-order valence-corrected chi connectivity index (χ1v) is 13.9. The van der Waals surface area contributed by atoms with Crippen LogP contribution in [0.2, 0.25) is 0 Å². The maximum atomic E-state index is 13.1. The molecule has 4 aromatic carbocycles. The van der Waals surface area contributed by atoms with Gasteiger partial charge in [0.2, 0.25) is 5.91 Å². The summed E-state index contributed by atoms with van der Waals surface area (Å²) in [6, 6.07) is 31.7. The number of likely N-dealkylation sites (N-methyl/N-ethyl adjacent to an activating group) is 1. The van der Waals surface area contributed by atoms with E-state index < -0.39 is 12.0 Å². The maximum absolute atomic E-state index is 13.1. The number of amides is 1. The van der Waals surface area contributed by atoms with Crippen LogP contribution >= 0.6 is 0 Å². The molecule has 1 atom stereocenters. The average molecular weight is 563 g/mol. The van der Waals surface area contributed by atoms with Crippen LogP contribution in [-0.2, 0) is 16.0 Å². The molecular weight excluding hydrogens is 528 g/mol. The number of benzene rings is 4. The topological polar surface area (TPSA) is 95.9 Å². The van der Waals surface area contributed by atoms with Gasteiger partial charge in [-0.25, -0.2) is 4.79 Å². The fourth-order valence-electron chi connectivity index (χ4n) is 4.43. The Bertz CT molecular complexity index is 1500. The number of aliphatic carboxylic acids is 1. The van der Waals surface area contributed by atoms with Gasteiger partial charge in [-0.15, -0.1) is 0 Å². The van der Waals surface area contributed by atoms with E-state index >= 15 is 0 Å². The second-order valence-electron chi connectivity index (χ2n) is 9.63. The molecule has 4 rings (SSSR count). The van der Waals surface area contributed by atoms with E-state index in [1.807, 2.05) is 55.5 Å². The summed E-state index contributed by atoms with van der Waals surface area (Å²) in [5, 5.41) is 13.0. The van der Waals surface area contributed by atoms with E-state index in [0.29, 0.717) is 42.3 Å². The van der Waals surface area contributed by atoms with Crippen LogP contribution in [0.3, 0.4) is 0 Å². The first kappa shape index (κ1) is 29.8. The van der Waals surface area contributed by atoms with Crippen LogP contribution in [0, 0.1) is 0 Å². The van der Waals surface area contributed by atoms with Gasteiger partial charge in [0, 0.05) is 35.9 Å². The number of hydrogen-bond acceptors (Lipinski definition) is 5. The number of ketones is 1. The van der Waals surface area contributed by atoms with Crippen molar-refractivity contribution in [2.24, 2.45) is 0 Å². The number of nitrogens with one attached hydrogen (secondary N) is 1. The minimum Gasteiger partial charge on any atom is -0.492 e. The molecule has 0 aliphatic carbocycles. The highest BCUT2D eigenvalue weighted by Gasteiger charge is 2.21. The highest BCUT2D eigenvalue weighted by Crippen LogP contribution is 2.22. The minimum absolute atomic E-state index is 0.0837. The van der Waals surface area contributed by atoms with Crippen molar-refractivity contribution < 1.29 is 24.2 Å². The highest BCUT2D eigenvalue weighted by atomic mass is 16.5. The first-order chi connectivity index (χ1) is 20.4. The molecular formula is C35H34N2O5. The van der Waals surface area contributed by atoms with Crippen molar-refractivity contribution in [3.8, 4) is 5.75 Å². The molecule has 0 spiro atoms. The van der Waals surface area contributed by atoms with Crippen LogP contribution in [0.15, 0.2) is 115 Å². The van der Waals surface area contributed by atoms with Gasteiger partial charge in [0.1, 0.15) is 18.4 Å². The molecule has 0 heterocycles. The number of hydrogen-bond donors (Lipinski definition) is 2. The van der Waals surface area contributed by atoms with Gasteiger partial charge in [-0.1, -0.05) is 84.9 Å². The molecule has 0 aliphatic rings. The number of carbonyl (C=O) groups excluding carboxylic acids is 2. The standard InChI is InChI=1S/C35H34N2O5/c1-2-37(33(38)22-19-26-11-5-3-6-12-26)23-24-42-29-20-17-27(18-21-29)25-32(35(40)41)36-31-16-10-9-15-30(31)34(39)28-13-7-4-8-14-28/h3-22,32,36H,2,23-25H2,1H3,(H,40,41)/b22-19+/t32-/m0/s1. The number of rotatable bonds is 14. The molecule has 214 valence electrons. The number of carboxylic acids is 1. The van der Waals surface area contributed by atoms with Crippen LogP contribution in [0.4, 0.5) is 5.69 Å². The van der Waals surface area contributed by atoms with Gasteiger partial charge < -0.3 is 20.1 Å². The number of carbonyl (C=O) groups is 3. The summed E-state index contributed by atoms with van der Waals surface area (Å²) in [6.07, 6.45) is 3.56. The first-order valence-electron chi connectivity index (χ1n) is 13.9. The second-order valence-corrected chi connectivity index (χ2v) is 9.63. The number of nitrogens with zero attached hydrogens (tertiary/aromatic N) is 1. The van der Waals surface area contributed by atoms with Crippen LogP contribution < -0.4 is 10.1 Å². The second kappa shape index (κ2) is 15.0. The van der Waals surface area contributed by atoms with Crippen molar-refractivity contribution in [1.29, 1.82) is 0 Å². The van der Waals surface area contributed by atoms with E-state index in [4.69, 9.17) is 4.74 Å². The van der Waals surface area contributed by atoms with Gasteiger partial charge >= 0.3 is 5.97 Å². The summed E-state index contributed by atoms with van der Waals surface area (Å²) < 4.78 is 5.85.